The Balaban J connectivity index is 1.97. The molecule has 0 unspecified atom stereocenters. The number of nitrogens with zero attached hydrogens (tertiary/aromatic N) is 1. The van der Waals surface area contributed by atoms with Gasteiger partial charge >= 0.3 is 5.97 Å². The Labute approximate surface area is 210 Å². The molecule has 3 rings (SSSR count). The Morgan fingerprint density at radius 1 is 1.00 bits per heavy atom. The number of hydrogen-bond donors (Lipinski definition) is 1. The first kappa shape index (κ1) is 26.2. The lowest BCUT2D eigenvalue weighted by molar-refractivity contribution is -0.114. The molecule has 7 nitrogen and oxygen atoms in total. The fourth-order valence-corrected chi connectivity index (χ4v) is 5.27. The number of sulfonamides is 1. The third kappa shape index (κ3) is 6.01. The molecule has 0 atom stereocenters. The summed E-state index contributed by atoms with van der Waals surface area (Å²) in [6.45, 7) is 6.72. The zero-order valence-electron chi connectivity index (χ0n) is 20.0. The van der Waals surface area contributed by atoms with Crippen LogP contribution in [0.15, 0.2) is 65.6 Å². The van der Waals surface area contributed by atoms with Crippen LogP contribution in [-0.4, -0.2) is 33.4 Å². The van der Waals surface area contributed by atoms with Gasteiger partial charge in [0.25, 0.3) is 10.0 Å². The highest BCUT2D eigenvalue weighted by atomic mass is 35.5. The van der Waals surface area contributed by atoms with E-state index in [0.717, 1.165) is 9.87 Å². The maximum absolute atomic E-state index is 13.6. The molecule has 0 aromatic heterocycles. The number of aryl methyl sites for hydroxylation is 2. The highest BCUT2D eigenvalue weighted by Crippen LogP contribution is 2.29. The van der Waals surface area contributed by atoms with E-state index in [0.29, 0.717) is 33.1 Å². The third-order valence-electron chi connectivity index (χ3n) is 5.43. The number of halogens is 1. The molecule has 35 heavy (non-hydrogen) atoms. The predicted molar refractivity (Wildman–Crippen MR) is 138 cm³/mol. The van der Waals surface area contributed by atoms with Gasteiger partial charge in [0.1, 0.15) is 6.54 Å². The van der Waals surface area contributed by atoms with Gasteiger partial charge in [-0.1, -0.05) is 35.4 Å². The van der Waals surface area contributed by atoms with Gasteiger partial charge < -0.3 is 10.1 Å². The number of esters is 1. The monoisotopic (exact) mass is 514 g/mol. The number of hydrogen-bond acceptors (Lipinski definition) is 5. The van der Waals surface area contributed by atoms with Crippen molar-refractivity contribution in [3.05, 3.63) is 87.9 Å². The van der Waals surface area contributed by atoms with Crippen LogP contribution in [0.4, 0.5) is 11.4 Å². The first-order valence-corrected chi connectivity index (χ1v) is 12.8. The van der Waals surface area contributed by atoms with Crippen molar-refractivity contribution in [3.63, 3.8) is 0 Å². The van der Waals surface area contributed by atoms with E-state index in [1.165, 1.54) is 12.1 Å². The molecule has 3 aromatic rings. The maximum atomic E-state index is 13.6. The lowest BCUT2D eigenvalue weighted by atomic mass is 10.1. The van der Waals surface area contributed by atoms with Gasteiger partial charge in [-0.2, -0.15) is 0 Å². The number of carbonyl (C=O) groups is 2. The van der Waals surface area contributed by atoms with E-state index in [4.69, 9.17) is 16.3 Å². The van der Waals surface area contributed by atoms with E-state index < -0.39 is 28.4 Å². The Hall–Kier alpha value is -3.36. The van der Waals surface area contributed by atoms with Gasteiger partial charge in [0.05, 0.1) is 22.8 Å². The zero-order valence-corrected chi connectivity index (χ0v) is 21.5. The Bertz CT molecular complexity index is 1350. The molecule has 0 aliphatic heterocycles. The minimum atomic E-state index is -4.08. The van der Waals surface area contributed by atoms with Gasteiger partial charge in [0.2, 0.25) is 5.91 Å². The lowest BCUT2D eigenvalue weighted by Gasteiger charge is -2.26. The molecule has 0 aliphatic rings. The molecule has 0 saturated carbocycles. The normalized spacial score (nSPS) is 11.1. The molecule has 0 fully saturated rings. The molecule has 0 saturated heterocycles. The quantitative estimate of drug-likeness (QED) is 0.413. The molecule has 0 spiro atoms. The van der Waals surface area contributed by atoms with Crippen LogP contribution in [0.3, 0.4) is 0 Å². The smallest absolute Gasteiger partial charge is 0.338 e. The maximum Gasteiger partial charge on any atom is 0.338 e. The van der Waals surface area contributed by atoms with E-state index in [9.17, 15) is 18.0 Å². The molecular weight excluding hydrogens is 488 g/mol. The van der Waals surface area contributed by atoms with Crippen LogP contribution < -0.4 is 9.62 Å². The van der Waals surface area contributed by atoms with Crippen LogP contribution in [-0.2, 0) is 19.6 Å². The lowest BCUT2D eigenvalue weighted by Crippen LogP contribution is -2.38. The second-order valence-electron chi connectivity index (χ2n) is 8.00. The first-order chi connectivity index (χ1) is 16.5. The van der Waals surface area contributed by atoms with Crippen LogP contribution in [0.5, 0.6) is 0 Å². The SMILES string of the molecule is CCOC(=O)c1cccc(NC(=O)CN(c2ccc(Cl)cc2C)S(=O)(=O)c2ccc(C)cc2)c1C. The number of nitrogens with one attached hydrogen (secondary N) is 1. The predicted octanol–water partition coefficient (Wildman–Crippen LogP) is 5.28. The summed E-state index contributed by atoms with van der Waals surface area (Å²) in [4.78, 5) is 25.4. The van der Waals surface area contributed by atoms with Crippen LogP contribution in [0.2, 0.25) is 5.02 Å². The highest BCUT2D eigenvalue weighted by Gasteiger charge is 2.28. The molecular formula is C26H27ClN2O5S. The van der Waals surface area contributed by atoms with Gasteiger partial charge in [-0.05, 0) is 81.3 Å². The number of ether oxygens (including phenoxy) is 1. The van der Waals surface area contributed by atoms with Crippen molar-refractivity contribution in [2.24, 2.45) is 0 Å². The fraction of sp³-hybridized carbons (Fsp3) is 0.231. The van der Waals surface area contributed by atoms with E-state index in [1.807, 2.05) is 6.92 Å². The molecule has 0 aliphatic carbocycles. The van der Waals surface area contributed by atoms with Crippen molar-refractivity contribution in [3.8, 4) is 0 Å². The minimum absolute atomic E-state index is 0.0609. The van der Waals surface area contributed by atoms with E-state index in [-0.39, 0.29) is 11.5 Å². The summed E-state index contributed by atoms with van der Waals surface area (Å²) >= 11 is 6.08. The van der Waals surface area contributed by atoms with Gasteiger partial charge in [-0.15, -0.1) is 0 Å². The van der Waals surface area contributed by atoms with Crippen molar-refractivity contribution in [2.45, 2.75) is 32.6 Å². The summed E-state index contributed by atoms with van der Waals surface area (Å²) < 4.78 is 33.3. The Morgan fingerprint density at radius 3 is 2.31 bits per heavy atom. The second-order valence-corrected chi connectivity index (χ2v) is 10.3. The van der Waals surface area contributed by atoms with Crippen LogP contribution in [0, 0.1) is 20.8 Å². The van der Waals surface area contributed by atoms with Gasteiger partial charge in [-0.25, -0.2) is 13.2 Å². The summed E-state index contributed by atoms with van der Waals surface area (Å²) in [7, 11) is -4.08. The average molecular weight is 515 g/mol. The van der Waals surface area contributed by atoms with Gasteiger partial charge in [0.15, 0.2) is 0 Å². The molecule has 0 bridgehead atoms. The van der Waals surface area contributed by atoms with Crippen LogP contribution in [0.1, 0.15) is 34.0 Å². The van der Waals surface area contributed by atoms with E-state index in [1.54, 1.807) is 69.3 Å². The standard InChI is InChI=1S/C26H27ClN2O5S/c1-5-34-26(31)22-7-6-8-23(19(22)4)28-25(30)16-29(24-14-11-20(27)15-18(24)3)35(32,33)21-12-9-17(2)10-13-21/h6-15H,5,16H2,1-4H3,(H,28,30). The second kappa shape index (κ2) is 10.9. The summed E-state index contributed by atoms with van der Waals surface area (Å²) in [6.07, 6.45) is 0. The van der Waals surface area contributed by atoms with Crippen LogP contribution >= 0.6 is 11.6 Å². The average Bonchev–Trinajstić information content (AvgIpc) is 2.79. The van der Waals surface area contributed by atoms with E-state index >= 15 is 0 Å². The first-order valence-electron chi connectivity index (χ1n) is 11.0. The summed E-state index contributed by atoms with van der Waals surface area (Å²) in [6, 6.07) is 16.1. The molecule has 0 radical (unpaired) electrons. The number of carbonyl (C=O) groups excluding carboxylic acids is 2. The molecule has 184 valence electrons. The van der Waals surface area contributed by atoms with Crippen molar-refractivity contribution in [1.82, 2.24) is 0 Å². The Kier molecular flexibility index (Phi) is 8.19. The van der Waals surface area contributed by atoms with Gasteiger partial charge in [0, 0.05) is 10.7 Å². The van der Waals surface area contributed by atoms with E-state index in [2.05, 4.69) is 5.32 Å². The minimum Gasteiger partial charge on any atom is -0.462 e. The highest BCUT2D eigenvalue weighted by molar-refractivity contribution is 7.92. The summed E-state index contributed by atoms with van der Waals surface area (Å²) in [5.74, 6) is -1.07. The largest absolute Gasteiger partial charge is 0.462 e. The van der Waals surface area contributed by atoms with Crippen molar-refractivity contribution in [2.75, 3.05) is 22.8 Å². The molecule has 9 heteroatoms. The molecule has 1 amide bonds. The molecule has 3 aromatic carbocycles. The zero-order chi connectivity index (χ0) is 25.8. The Morgan fingerprint density at radius 2 is 1.69 bits per heavy atom. The topological polar surface area (TPSA) is 92.8 Å². The van der Waals surface area contributed by atoms with Crippen molar-refractivity contribution >= 4 is 44.9 Å². The molecule has 0 heterocycles. The number of anilines is 2. The third-order valence-corrected chi connectivity index (χ3v) is 7.44. The van der Waals surface area contributed by atoms with Crippen molar-refractivity contribution in [1.29, 1.82) is 0 Å². The van der Waals surface area contributed by atoms with Gasteiger partial charge in [-0.3, -0.25) is 9.10 Å². The summed E-state index contributed by atoms with van der Waals surface area (Å²) in [5.41, 5.74) is 3.08. The van der Waals surface area contributed by atoms with Crippen molar-refractivity contribution < 1.29 is 22.7 Å². The number of rotatable bonds is 8. The number of amides is 1. The van der Waals surface area contributed by atoms with Crippen LogP contribution in [0.25, 0.3) is 0 Å². The summed E-state index contributed by atoms with van der Waals surface area (Å²) in [5, 5.41) is 3.19. The molecule has 1 N–H and O–H groups in total. The number of benzene rings is 3. The fourth-order valence-electron chi connectivity index (χ4n) is 3.56.